The molecule has 170 valence electrons. The minimum Gasteiger partial charge on any atom is -0.353 e. The average Bonchev–Trinajstić information content (AvgIpc) is 2.83. The van der Waals surface area contributed by atoms with E-state index in [0.29, 0.717) is 19.5 Å². The number of piperidine rings is 1. The van der Waals surface area contributed by atoms with Crippen LogP contribution in [0.2, 0.25) is 0 Å². The van der Waals surface area contributed by atoms with Crippen molar-refractivity contribution in [2.45, 2.75) is 31.8 Å². The van der Waals surface area contributed by atoms with Gasteiger partial charge in [0.05, 0.1) is 0 Å². The molecule has 1 atom stereocenters. The van der Waals surface area contributed by atoms with Crippen molar-refractivity contribution in [2.75, 3.05) is 45.8 Å². The lowest BCUT2D eigenvalue weighted by Gasteiger charge is -2.35. The van der Waals surface area contributed by atoms with Gasteiger partial charge in [0.1, 0.15) is 6.04 Å². The zero-order chi connectivity index (χ0) is 22.2. The number of hydrogen-bond acceptors (Lipinski definition) is 4. The summed E-state index contributed by atoms with van der Waals surface area (Å²) in [6.07, 6.45) is 2.40. The Labute approximate surface area is 191 Å². The van der Waals surface area contributed by atoms with Crippen LogP contribution in [0.25, 0.3) is 0 Å². The second-order valence-corrected chi connectivity index (χ2v) is 8.75. The molecule has 1 unspecified atom stereocenters. The smallest absolute Gasteiger partial charge is 0.247 e. The molecule has 0 aliphatic carbocycles. The molecule has 0 bridgehead atoms. The Morgan fingerprint density at radius 2 is 1.50 bits per heavy atom. The van der Waals surface area contributed by atoms with E-state index in [0.717, 1.165) is 57.7 Å². The summed E-state index contributed by atoms with van der Waals surface area (Å²) in [5.74, 6) is 0.00366. The van der Waals surface area contributed by atoms with Crippen molar-refractivity contribution in [3.05, 3.63) is 71.8 Å². The number of nitrogens with one attached hydrogen (secondary N) is 1. The van der Waals surface area contributed by atoms with Gasteiger partial charge in [0.2, 0.25) is 11.8 Å². The number of hydrogen-bond donors (Lipinski definition) is 1. The predicted molar refractivity (Wildman–Crippen MR) is 126 cm³/mol. The molecule has 0 radical (unpaired) electrons. The van der Waals surface area contributed by atoms with Crippen molar-refractivity contribution in [1.82, 2.24) is 20.0 Å². The van der Waals surface area contributed by atoms with Crippen molar-refractivity contribution >= 4 is 11.8 Å². The molecule has 2 fully saturated rings. The summed E-state index contributed by atoms with van der Waals surface area (Å²) < 4.78 is 0. The van der Waals surface area contributed by atoms with E-state index >= 15 is 0 Å². The molecule has 0 aromatic heterocycles. The Balaban J connectivity index is 1.26. The molecule has 0 saturated carbocycles. The molecular formula is C26H34N4O2. The first kappa shape index (κ1) is 22.5. The van der Waals surface area contributed by atoms with Crippen LogP contribution in [0.1, 0.15) is 36.4 Å². The average molecular weight is 435 g/mol. The number of carbonyl (C=O) groups excluding carboxylic acids is 2. The first-order valence-corrected chi connectivity index (χ1v) is 11.8. The van der Waals surface area contributed by atoms with Crippen LogP contribution in [-0.2, 0) is 16.1 Å². The van der Waals surface area contributed by atoms with E-state index in [-0.39, 0.29) is 11.8 Å². The molecule has 32 heavy (non-hydrogen) atoms. The Morgan fingerprint density at radius 1 is 0.844 bits per heavy atom. The lowest BCUT2D eigenvalue weighted by atomic mass is 10.0. The molecule has 0 spiro atoms. The first-order valence-electron chi connectivity index (χ1n) is 11.8. The quantitative estimate of drug-likeness (QED) is 0.694. The third-order valence-corrected chi connectivity index (χ3v) is 6.48. The van der Waals surface area contributed by atoms with Crippen LogP contribution < -0.4 is 5.32 Å². The molecule has 6 heteroatoms. The summed E-state index contributed by atoms with van der Waals surface area (Å²) in [7, 11) is 0. The summed E-state index contributed by atoms with van der Waals surface area (Å²) in [4.78, 5) is 32.3. The summed E-state index contributed by atoms with van der Waals surface area (Å²) in [5.41, 5.74) is 2.24. The maximum atomic E-state index is 13.2. The van der Waals surface area contributed by atoms with E-state index in [4.69, 9.17) is 0 Å². The highest BCUT2D eigenvalue weighted by molar-refractivity contribution is 5.89. The van der Waals surface area contributed by atoms with Gasteiger partial charge in [-0.25, -0.2) is 0 Å². The van der Waals surface area contributed by atoms with Crippen LogP contribution in [0.4, 0.5) is 0 Å². The minimum atomic E-state index is -0.535. The zero-order valence-electron chi connectivity index (χ0n) is 18.8. The van der Waals surface area contributed by atoms with Crippen LogP contribution in [0.15, 0.2) is 60.7 Å². The zero-order valence-corrected chi connectivity index (χ0v) is 18.8. The largest absolute Gasteiger partial charge is 0.353 e. The molecule has 2 aromatic carbocycles. The van der Waals surface area contributed by atoms with Gasteiger partial charge in [0.15, 0.2) is 0 Å². The fraction of sp³-hybridized carbons (Fsp3) is 0.462. The van der Waals surface area contributed by atoms with E-state index in [1.165, 1.54) is 5.56 Å². The van der Waals surface area contributed by atoms with Crippen molar-refractivity contribution in [2.24, 2.45) is 0 Å². The highest BCUT2D eigenvalue weighted by Crippen LogP contribution is 2.25. The number of likely N-dealkylation sites (tertiary alicyclic amines) is 1. The fourth-order valence-electron chi connectivity index (χ4n) is 4.65. The summed E-state index contributed by atoms with van der Waals surface area (Å²) >= 11 is 0. The van der Waals surface area contributed by atoms with Crippen molar-refractivity contribution < 1.29 is 9.59 Å². The monoisotopic (exact) mass is 434 g/mol. The number of amides is 2. The van der Waals surface area contributed by atoms with Gasteiger partial charge in [-0.2, -0.15) is 0 Å². The maximum Gasteiger partial charge on any atom is 0.247 e. The van der Waals surface area contributed by atoms with Gasteiger partial charge in [-0.05, 0) is 24.0 Å². The summed E-state index contributed by atoms with van der Waals surface area (Å²) in [6.45, 7) is 7.17. The van der Waals surface area contributed by atoms with E-state index in [2.05, 4.69) is 45.4 Å². The van der Waals surface area contributed by atoms with Crippen molar-refractivity contribution in [3.63, 3.8) is 0 Å². The molecule has 1 N–H and O–H groups in total. The Morgan fingerprint density at radius 3 is 2.19 bits per heavy atom. The van der Waals surface area contributed by atoms with Crippen LogP contribution >= 0.6 is 0 Å². The van der Waals surface area contributed by atoms with E-state index < -0.39 is 6.04 Å². The third-order valence-electron chi connectivity index (χ3n) is 6.48. The normalized spacial score (nSPS) is 19.0. The Hall–Kier alpha value is -2.70. The fourth-order valence-corrected chi connectivity index (χ4v) is 4.65. The highest BCUT2D eigenvalue weighted by Gasteiger charge is 2.32. The molecule has 2 amide bonds. The number of carbonyl (C=O) groups is 2. The maximum absolute atomic E-state index is 13.2. The van der Waals surface area contributed by atoms with Gasteiger partial charge in [0.25, 0.3) is 0 Å². The highest BCUT2D eigenvalue weighted by atomic mass is 16.2. The lowest BCUT2D eigenvalue weighted by Crippen LogP contribution is -2.49. The summed E-state index contributed by atoms with van der Waals surface area (Å²) in [5, 5.41) is 3.11. The predicted octanol–water partition coefficient (Wildman–Crippen LogP) is 2.67. The van der Waals surface area contributed by atoms with Gasteiger partial charge in [-0.1, -0.05) is 60.7 Å². The van der Waals surface area contributed by atoms with E-state index in [1.807, 2.05) is 30.3 Å². The first-order chi connectivity index (χ1) is 15.7. The van der Waals surface area contributed by atoms with Gasteiger partial charge in [-0.3, -0.25) is 19.4 Å². The van der Waals surface area contributed by atoms with E-state index in [1.54, 1.807) is 4.90 Å². The number of piperazine rings is 1. The van der Waals surface area contributed by atoms with E-state index in [9.17, 15) is 9.59 Å². The molecule has 2 saturated heterocycles. The number of nitrogens with zero attached hydrogens (tertiary/aromatic N) is 3. The van der Waals surface area contributed by atoms with Crippen molar-refractivity contribution in [3.8, 4) is 0 Å². The lowest BCUT2D eigenvalue weighted by molar-refractivity contribution is -0.142. The third kappa shape index (κ3) is 5.96. The molecule has 2 heterocycles. The minimum absolute atomic E-state index is 0.0748. The second kappa shape index (κ2) is 11.2. The van der Waals surface area contributed by atoms with Gasteiger partial charge in [-0.15, -0.1) is 0 Å². The summed E-state index contributed by atoms with van der Waals surface area (Å²) in [6, 6.07) is 19.7. The van der Waals surface area contributed by atoms with Gasteiger partial charge >= 0.3 is 0 Å². The molecule has 2 aliphatic rings. The second-order valence-electron chi connectivity index (χ2n) is 8.75. The van der Waals surface area contributed by atoms with Crippen LogP contribution in [-0.4, -0.2) is 72.3 Å². The Bertz CT molecular complexity index is 866. The van der Waals surface area contributed by atoms with Crippen LogP contribution in [0, 0.1) is 0 Å². The van der Waals surface area contributed by atoms with Gasteiger partial charge < -0.3 is 10.2 Å². The molecule has 6 nitrogen and oxygen atoms in total. The van der Waals surface area contributed by atoms with Crippen LogP contribution in [0.5, 0.6) is 0 Å². The molecule has 2 aromatic rings. The molecule has 2 aliphatic heterocycles. The number of rotatable bonds is 8. The SMILES string of the molecule is O=C(NCCN1CCN(Cc2ccccc2)CC1)C(c1ccccc1)N1CCCCC1=O. The molecule has 4 rings (SSSR count). The van der Waals surface area contributed by atoms with Crippen LogP contribution in [0.3, 0.4) is 0 Å². The topological polar surface area (TPSA) is 55.9 Å². The standard InChI is InChI=1S/C26H34N4O2/c31-24-13-7-8-15-30(24)25(23-11-5-2-6-12-23)26(32)27-14-16-28-17-19-29(20-18-28)21-22-9-3-1-4-10-22/h1-6,9-12,25H,7-8,13-21H2,(H,27,32). The van der Waals surface area contributed by atoms with Gasteiger partial charge in [0, 0.05) is 58.8 Å². The Kier molecular flexibility index (Phi) is 7.91. The van der Waals surface area contributed by atoms with Crippen molar-refractivity contribution in [1.29, 1.82) is 0 Å². The molecular weight excluding hydrogens is 400 g/mol. The number of benzene rings is 2.